The second-order valence-corrected chi connectivity index (χ2v) is 2.84. The van der Waals surface area contributed by atoms with Gasteiger partial charge in [0.25, 0.3) is 0 Å². The van der Waals surface area contributed by atoms with E-state index in [-0.39, 0.29) is 0 Å². The molecular formula is C13H23N. The Morgan fingerprint density at radius 3 is 2.36 bits per heavy atom. The number of aryl methyl sites for hydroxylation is 1. The molecule has 0 aromatic heterocycles. The van der Waals surface area contributed by atoms with Crippen LogP contribution >= 0.6 is 0 Å². The third-order valence-corrected chi connectivity index (χ3v) is 1.97. The molecule has 1 aromatic rings. The predicted molar refractivity (Wildman–Crippen MR) is 66.1 cm³/mol. The van der Waals surface area contributed by atoms with Crippen molar-refractivity contribution in [1.29, 1.82) is 0 Å². The smallest absolute Gasteiger partial charge is 0.0373 e. The zero-order valence-electron chi connectivity index (χ0n) is 10.1. The van der Waals surface area contributed by atoms with E-state index in [4.69, 9.17) is 0 Å². The Bertz CT molecular complexity index is 253. The average Bonchev–Trinajstić information content (AvgIpc) is 2.71. The zero-order valence-corrected chi connectivity index (χ0v) is 10.1. The first kappa shape index (κ1) is 13.0. The van der Waals surface area contributed by atoms with Gasteiger partial charge in [-0.15, -0.1) is 0 Å². The van der Waals surface area contributed by atoms with Crippen LogP contribution in [0.1, 0.15) is 38.8 Å². The van der Waals surface area contributed by atoms with Gasteiger partial charge in [0.1, 0.15) is 0 Å². The lowest BCUT2D eigenvalue weighted by Crippen LogP contribution is -1.90. The minimum absolute atomic E-state index is 1.11. The Hall–Kier alpha value is -0.980. The second-order valence-electron chi connectivity index (χ2n) is 2.84. The Kier molecular flexibility index (Phi) is 6.91. The first-order chi connectivity index (χ1) is 6.86. The predicted octanol–water partition coefficient (Wildman–Crippen LogP) is 4.02. The van der Waals surface area contributed by atoms with Gasteiger partial charge in [-0.1, -0.05) is 45.4 Å². The van der Waals surface area contributed by atoms with Crippen LogP contribution in [0, 0.1) is 6.92 Å². The van der Waals surface area contributed by atoms with Gasteiger partial charge < -0.3 is 5.32 Å². The van der Waals surface area contributed by atoms with Crippen LogP contribution in [-0.4, -0.2) is 6.54 Å². The highest BCUT2D eigenvalue weighted by atomic mass is 14.9. The van der Waals surface area contributed by atoms with Gasteiger partial charge in [-0.25, -0.2) is 0 Å². The number of fused-ring (bicyclic) bond motifs is 1. The summed E-state index contributed by atoms with van der Waals surface area (Å²) < 4.78 is 0. The quantitative estimate of drug-likeness (QED) is 0.656. The Labute approximate surface area is 88.5 Å². The van der Waals surface area contributed by atoms with Crippen molar-refractivity contribution in [3.05, 3.63) is 29.3 Å². The lowest BCUT2D eigenvalue weighted by molar-refractivity contribution is 1.10. The van der Waals surface area contributed by atoms with Crippen LogP contribution in [0.15, 0.2) is 18.2 Å². The van der Waals surface area contributed by atoms with E-state index >= 15 is 0 Å². The molecule has 1 heteroatoms. The van der Waals surface area contributed by atoms with Crippen LogP contribution < -0.4 is 5.32 Å². The van der Waals surface area contributed by atoms with Gasteiger partial charge in [-0.05, 0) is 25.0 Å². The van der Waals surface area contributed by atoms with Crippen molar-refractivity contribution in [3.63, 3.8) is 0 Å². The maximum absolute atomic E-state index is 3.33. The van der Waals surface area contributed by atoms with Crippen molar-refractivity contribution in [3.8, 4) is 0 Å². The van der Waals surface area contributed by atoms with Crippen LogP contribution in [0.25, 0.3) is 0 Å². The third-order valence-electron chi connectivity index (χ3n) is 1.97. The summed E-state index contributed by atoms with van der Waals surface area (Å²) in [6.07, 6.45) is 1.19. The molecule has 0 unspecified atom stereocenters. The molecule has 1 aliphatic rings. The van der Waals surface area contributed by atoms with E-state index in [0.717, 1.165) is 6.54 Å². The van der Waals surface area contributed by atoms with Crippen LogP contribution in [0.5, 0.6) is 0 Å². The SMILES string of the molecule is CC.CC.Cc1ccc2c(c1)CCN2. The Morgan fingerprint density at radius 1 is 1.07 bits per heavy atom. The summed E-state index contributed by atoms with van der Waals surface area (Å²) in [4.78, 5) is 0. The molecular weight excluding hydrogens is 170 g/mol. The summed E-state index contributed by atoms with van der Waals surface area (Å²) in [5, 5.41) is 3.33. The number of rotatable bonds is 0. The minimum atomic E-state index is 1.11. The summed E-state index contributed by atoms with van der Waals surface area (Å²) in [6.45, 7) is 11.2. The second kappa shape index (κ2) is 7.43. The van der Waals surface area contributed by atoms with E-state index < -0.39 is 0 Å². The van der Waals surface area contributed by atoms with Crippen molar-refractivity contribution in [2.75, 3.05) is 11.9 Å². The molecule has 0 aliphatic carbocycles. The molecule has 0 saturated heterocycles. The first-order valence-corrected chi connectivity index (χ1v) is 5.70. The van der Waals surface area contributed by atoms with Gasteiger partial charge in [0.05, 0.1) is 0 Å². The van der Waals surface area contributed by atoms with Crippen molar-refractivity contribution < 1.29 is 0 Å². The largest absolute Gasteiger partial charge is 0.384 e. The molecule has 1 N–H and O–H groups in total. The number of benzene rings is 1. The van der Waals surface area contributed by atoms with E-state index in [1.807, 2.05) is 27.7 Å². The van der Waals surface area contributed by atoms with E-state index in [1.54, 1.807) is 0 Å². The van der Waals surface area contributed by atoms with Crippen molar-refractivity contribution in [2.45, 2.75) is 41.0 Å². The fourth-order valence-corrected chi connectivity index (χ4v) is 1.43. The molecule has 0 amide bonds. The monoisotopic (exact) mass is 193 g/mol. The molecule has 0 bridgehead atoms. The van der Waals surface area contributed by atoms with Gasteiger partial charge in [0, 0.05) is 12.2 Å². The Morgan fingerprint density at radius 2 is 1.71 bits per heavy atom. The lowest BCUT2D eigenvalue weighted by atomic mass is 10.1. The number of hydrogen-bond acceptors (Lipinski definition) is 1. The number of anilines is 1. The highest BCUT2D eigenvalue weighted by Gasteiger charge is 2.07. The van der Waals surface area contributed by atoms with Crippen molar-refractivity contribution >= 4 is 5.69 Å². The third kappa shape index (κ3) is 3.41. The molecule has 1 aromatic carbocycles. The molecule has 80 valence electrons. The molecule has 0 fully saturated rings. The van der Waals surface area contributed by atoms with E-state index in [0.29, 0.717) is 0 Å². The first-order valence-electron chi connectivity index (χ1n) is 5.70. The molecule has 14 heavy (non-hydrogen) atoms. The summed E-state index contributed by atoms with van der Waals surface area (Å²) in [6, 6.07) is 6.57. The Balaban J connectivity index is 0.000000379. The normalized spacial score (nSPS) is 11.2. The van der Waals surface area contributed by atoms with E-state index in [9.17, 15) is 0 Å². The maximum atomic E-state index is 3.33. The minimum Gasteiger partial charge on any atom is -0.384 e. The van der Waals surface area contributed by atoms with Crippen LogP contribution in [0.2, 0.25) is 0 Å². The summed E-state index contributed by atoms with van der Waals surface area (Å²) >= 11 is 0. The molecule has 0 radical (unpaired) electrons. The fraction of sp³-hybridized carbons (Fsp3) is 0.538. The highest BCUT2D eigenvalue weighted by molar-refractivity contribution is 5.56. The standard InChI is InChI=1S/C9H11N.2C2H6/c1-7-2-3-9-8(6-7)4-5-10-9;2*1-2/h2-3,6,10H,4-5H2,1H3;2*1-2H3. The van der Waals surface area contributed by atoms with Gasteiger partial charge in [-0.3, -0.25) is 0 Å². The van der Waals surface area contributed by atoms with Gasteiger partial charge >= 0.3 is 0 Å². The lowest BCUT2D eigenvalue weighted by Gasteiger charge is -1.98. The summed E-state index contributed by atoms with van der Waals surface area (Å²) in [5.41, 5.74) is 4.16. The van der Waals surface area contributed by atoms with Gasteiger partial charge in [0.2, 0.25) is 0 Å². The van der Waals surface area contributed by atoms with Crippen LogP contribution in [-0.2, 0) is 6.42 Å². The van der Waals surface area contributed by atoms with Gasteiger partial charge in [0.15, 0.2) is 0 Å². The van der Waals surface area contributed by atoms with Crippen LogP contribution in [0.4, 0.5) is 5.69 Å². The molecule has 0 spiro atoms. The van der Waals surface area contributed by atoms with Crippen molar-refractivity contribution in [2.24, 2.45) is 0 Å². The zero-order chi connectivity index (χ0) is 11.0. The van der Waals surface area contributed by atoms with Crippen LogP contribution in [0.3, 0.4) is 0 Å². The summed E-state index contributed by atoms with van der Waals surface area (Å²) in [7, 11) is 0. The number of nitrogens with one attached hydrogen (secondary N) is 1. The fourth-order valence-electron chi connectivity index (χ4n) is 1.43. The summed E-state index contributed by atoms with van der Waals surface area (Å²) in [5.74, 6) is 0. The molecule has 1 heterocycles. The molecule has 1 nitrogen and oxygen atoms in total. The topological polar surface area (TPSA) is 12.0 Å². The average molecular weight is 193 g/mol. The van der Waals surface area contributed by atoms with E-state index in [1.165, 1.54) is 23.2 Å². The van der Waals surface area contributed by atoms with Gasteiger partial charge in [-0.2, -0.15) is 0 Å². The highest BCUT2D eigenvalue weighted by Crippen LogP contribution is 2.22. The van der Waals surface area contributed by atoms with Crippen molar-refractivity contribution in [1.82, 2.24) is 0 Å². The van der Waals surface area contributed by atoms with E-state index in [2.05, 4.69) is 30.4 Å². The maximum Gasteiger partial charge on any atom is 0.0373 e. The molecule has 2 rings (SSSR count). The molecule has 0 saturated carbocycles. The molecule has 1 aliphatic heterocycles. The number of hydrogen-bond donors (Lipinski definition) is 1. The molecule has 0 atom stereocenters.